The fourth-order valence-electron chi connectivity index (χ4n) is 1.22. The van der Waals surface area contributed by atoms with E-state index in [1.807, 2.05) is 0 Å². The van der Waals surface area contributed by atoms with Crippen molar-refractivity contribution in [3.05, 3.63) is 0 Å². The van der Waals surface area contributed by atoms with Gasteiger partial charge in [0.25, 0.3) is 0 Å². The maximum Gasteiger partial charge on any atom is -0.00439 e. The van der Waals surface area contributed by atoms with Crippen molar-refractivity contribution in [3.63, 3.8) is 0 Å². The smallest absolute Gasteiger partial charge is 0.00439 e. The van der Waals surface area contributed by atoms with Crippen molar-refractivity contribution in [1.29, 1.82) is 0 Å². The molecule has 0 radical (unpaired) electrons. The molecule has 0 heterocycles. The molecule has 1 N–H and O–H groups in total. The molecule has 0 aliphatic rings. The molecule has 0 atom stereocenters. The summed E-state index contributed by atoms with van der Waals surface area (Å²) in [7, 11) is 0. The Morgan fingerprint density at radius 2 is 1.69 bits per heavy atom. The van der Waals surface area contributed by atoms with E-state index in [9.17, 15) is 0 Å². The van der Waals surface area contributed by atoms with Crippen LogP contribution in [0.3, 0.4) is 0 Å². The van der Waals surface area contributed by atoms with E-state index >= 15 is 0 Å². The molecule has 0 aromatic rings. The molecule has 0 aliphatic heterocycles. The first kappa shape index (κ1) is 13.0. The van der Waals surface area contributed by atoms with Crippen molar-refractivity contribution in [2.24, 2.45) is 11.3 Å². The van der Waals surface area contributed by atoms with Crippen molar-refractivity contribution < 1.29 is 0 Å². The minimum absolute atomic E-state index is 0.477. The van der Waals surface area contributed by atoms with Crippen LogP contribution in [0.4, 0.5) is 0 Å². The van der Waals surface area contributed by atoms with E-state index < -0.39 is 0 Å². The summed E-state index contributed by atoms with van der Waals surface area (Å²) >= 11 is 0. The first-order valence-electron chi connectivity index (χ1n) is 5.62. The summed E-state index contributed by atoms with van der Waals surface area (Å²) in [6.07, 6.45) is 3.94. The van der Waals surface area contributed by atoms with Crippen molar-refractivity contribution in [2.45, 2.75) is 53.9 Å². The molecular formula is C12H27N. The average molecular weight is 185 g/mol. The first-order chi connectivity index (χ1) is 5.92. The second-order valence-electron chi connectivity index (χ2n) is 5.60. The third-order valence-electron chi connectivity index (χ3n) is 2.19. The van der Waals surface area contributed by atoms with Crippen LogP contribution >= 0.6 is 0 Å². The fraction of sp³-hybridized carbons (Fsp3) is 1.00. The summed E-state index contributed by atoms with van der Waals surface area (Å²) in [6, 6.07) is 0. The van der Waals surface area contributed by atoms with Crippen molar-refractivity contribution >= 4 is 0 Å². The van der Waals surface area contributed by atoms with Crippen LogP contribution in [0.25, 0.3) is 0 Å². The van der Waals surface area contributed by atoms with E-state index in [4.69, 9.17) is 0 Å². The third kappa shape index (κ3) is 12.0. The Morgan fingerprint density at radius 1 is 1.08 bits per heavy atom. The molecule has 0 aromatic heterocycles. The van der Waals surface area contributed by atoms with Crippen molar-refractivity contribution in [1.82, 2.24) is 5.32 Å². The Balaban J connectivity index is 3.09. The summed E-state index contributed by atoms with van der Waals surface area (Å²) in [5, 5.41) is 3.50. The molecule has 0 spiro atoms. The van der Waals surface area contributed by atoms with Gasteiger partial charge in [0.15, 0.2) is 0 Å². The molecule has 13 heavy (non-hydrogen) atoms. The maximum atomic E-state index is 3.50. The number of hydrogen-bond acceptors (Lipinski definition) is 1. The van der Waals surface area contributed by atoms with Crippen LogP contribution in [-0.2, 0) is 0 Å². The predicted molar refractivity (Wildman–Crippen MR) is 61.0 cm³/mol. The second kappa shape index (κ2) is 6.42. The minimum atomic E-state index is 0.477. The van der Waals surface area contributed by atoms with Gasteiger partial charge in [-0.3, -0.25) is 0 Å². The zero-order chi connectivity index (χ0) is 10.3. The van der Waals surface area contributed by atoms with Gasteiger partial charge in [-0.05, 0) is 43.7 Å². The molecule has 0 unspecified atom stereocenters. The predicted octanol–water partition coefficient (Wildman–Crippen LogP) is 3.45. The van der Waals surface area contributed by atoms with E-state index in [1.54, 1.807) is 0 Å². The zero-order valence-electron chi connectivity index (χ0n) is 10.1. The number of nitrogens with one attached hydrogen (secondary N) is 1. The fourth-order valence-corrected chi connectivity index (χ4v) is 1.22. The quantitative estimate of drug-likeness (QED) is 0.625. The van der Waals surface area contributed by atoms with Crippen LogP contribution in [0.2, 0.25) is 0 Å². The summed E-state index contributed by atoms with van der Waals surface area (Å²) in [5.41, 5.74) is 0.477. The van der Waals surface area contributed by atoms with E-state index in [0.29, 0.717) is 5.41 Å². The monoisotopic (exact) mass is 185 g/mol. The molecule has 0 fully saturated rings. The van der Waals surface area contributed by atoms with Crippen LogP contribution in [-0.4, -0.2) is 13.1 Å². The molecule has 0 bridgehead atoms. The lowest BCUT2D eigenvalue weighted by atomic mass is 9.92. The lowest BCUT2D eigenvalue weighted by molar-refractivity contribution is 0.365. The summed E-state index contributed by atoms with van der Waals surface area (Å²) in [4.78, 5) is 0. The molecule has 1 heteroatoms. The van der Waals surface area contributed by atoms with Gasteiger partial charge in [0.1, 0.15) is 0 Å². The Kier molecular flexibility index (Phi) is 6.40. The molecule has 80 valence electrons. The molecule has 0 rings (SSSR count). The van der Waals surface area contributed by atoms with Gasteiger partial charge in [-0.25, -0.2) is 0 Å². The van der Waals surface area contributed by atoms with Crippen LogP contribution in [0.15, 0.2) is 0 Å². The average Bonchev–Trinajstić information content (AvgIpc) is 1.93. The van der Waals surface area contributed by atoms with Gasteiger partial charge in [-0.15, -0.1) is 0 Å². The van der Waals surface area contributed by atoms with Gasteiger partial charge < -0.3 is 5.32 Å². The summed E-state index contributed by atoms with van der Waals surface area (Å²) < 4.78 is 0. The summed E-state index contributed by atoms with van der Waals surface area (Å²) in [5.74, 6) is 0.851. The zero-order valence-corrected chi connectivity index (χ0v) is 10.1. The van der Waals surface area contributed by atoms with E-state index in [-0.39, 0.29) is 0 Å². The molecule has 1 nitrogen and oxygen atoms in total. The first-order valence-corrected chi connectivity index (χ1v) is 5.62. The van der Waals surface area contributed by atoms with Crippen molar-refractivity contribution in [3.8, 4) is 0 Å². The molecular weight excluding hydrogens is 158 g/mol. The minimum Gasteiger partial charge on any atom is -0.317 e. The van der Waals surface area contributed by atoms with E-state index in [0.717, 1.165) is 5.92 Å². The highest BCUT2D eigenvalue weighted by atomic mass is 14.8. The third-order valence-corrected chi connectivity index (χ3v) is 2.19. The van der Waals surface area contributed by atoms with Gasteiger partial charge in [0, 0.05) is 0 Å². The Labute approximate surface area is 84.3 Å². The van der Waals surface area contributed by atoms with Crippen LogP contribution in [0, 0.1) is 11.3 Å². The molecule has 0 saturated carbocycles. The Hall–Kier alpha value is -0.0400. The highest BCUT2D eigenvalue weighted by Gasteiger charge is 2.08. The highest BCUT2D eigenvalue weighted by molar-refractivity contribution is 4.63. The topological polar surface area (TPSA) is 12.0 Å². The second-order valence-corrected chi connectivity index (χ2v) is 5.60. The van der Waals surface area contributed by atoms with Crippen LogP contribution < -0.4 is 5.32 Å². The van der Waals surface area contributed by atoms with Gasteiger partial charge >= 0.3 is 0 Å². The highest BCUT2D eigenvalue weighted by Crippen LogP contribution is 2.16. The van der Waals surface area contributed by atoms with Gasteiger partial charge in [-0.2, -0.15) is 0 Å². The lowest BCUT2D eigenvalue weighted by Crippen LogP contribution is -2.21. The maximum absolute atomic E-state index is 3.50. The molecule has 0 aliphatic carbocycles. The molecule has 0 saturated heterocycles. The van der Waals surface area contributed by atoms with Gasteiger partial charge in [-0.1, -0.05) is 34.6 Å². The molecule has 0 amide bonds. The Bertz CT molecular complexity index is 111. The number of rotatable bonds is 6. The SMILES string of the molecule is CC(C)CCCNCCC(C)(C)C. The lowest BCUT2D eigenvalue weighted by Gasteiger charge is -2.18. The van der Waals surface area contributed by atoms with E-state index in [2.05, 4.69) is 39.9 Å². The van der Waals surface area contributed by atoms with Crippen LogP contribution in [0.5, 0.6) is 0 Å². The largest absolute Gasteiger partial charge is 0.317 e. The van der Waals surface area contributed by atoms with Gasteiger partial charge in [0.2, 0.25) is 0 Å². The van der Waals surface area contributed by atoms with Gasteiger partial charge in [0.05, 0.1) is 0 Å². The van der Waals surface area contributed by atoms with Crippen molar-refractivity contribution in [2.75, 3.05) is 13.1 Å². The normalized spacial score (nSPS) is 12.5. The van der Waals surface area contributed by atoms with Crippen LogP contribution in [0.1, 0.15) is 53.9 Å². The summed E-state index contributed by atoms with van der Waals surface area (Å²) in [6.45, 7) is 13.8. The molecule has 0 aromatic carbocycles. The standard InChI is InChI=1S/C12H27N/c1-11(2)7-6-9-13-10-8-12(3,4)5/h11,13H,6-10H2,1-5H3. The van der Waals surface area contributed by atoms with E-state index in [1.165, 1.54) is 32.4 Å². The Morgan fingerprint density at radius 3 is 2.15 bits per heavy atom. The number of hydrogen-bond donors (Lipinski definition) is 1.